The van der Waals surface area contributed by atoms with Crippen molar-refractivity contribution in [3.63, 3.8) is 0 Å². The van der Waals surface area contributed by atoms with Gasteiger partial charge in [-0.2, -0.15) is 5.26 Å². The van der Waals surface area contributed by atoms with Crippen molar-refractivity contribution in [1.82, 2.24) is 4.98 Å². The van der Waals surface area contributed by atoms with Gasteiger partial charge >= 0.3 is 0 Å². The third-order valence-corrected chi connectivity index (χ3v) is 3.56. The summed E-state index contributed by atoms with van der Waals surface area (Å²) in [6.45, 7) is 3.91. The van der Waals surface area contributed by atoms with Crippen LogP contribution in [0.3, 0.4) is 0 Å². The summed E-state index contributed by atoms with van der Waals surface area (Å²) in [4.78, 5) is 5.27. The van der Waals surface area contributed by atoms with Gasteiger partial charge in [0.1, 0.15) is 16.8 Å². The molecule has 0 atom stereocenters. The van der Waals surface area contributed by atoms with Crippen LogP contribution >= 0.6 is 11.3 Å². The summed E-state index contributed by atoms with van der Waals surface area (Å²) in [5.41, 5.74) is 2.60. The molecule has 0 amide bonds. The molecule has 0 unspecified atom stereocenters. The molecule has 0 saturated carbocycles. The molecule has 0 radical (unpaired) electrons. The Hall–Kier alpha value is -1.86. The predicted molar refractivity (Wildman–Crippen MR) is 68.3 cm³/mol. The molecule has 17 heavy (non-hydrogen) atoms. The number of rotatable bonds is 2. The van der Waals surface area contributed by atoms with Crippen LogP contribution in [0.1, 0.15) is 16.1 Å². The Labute approximate surface area is 104 Å². The van der Waals surface area contributed by atoms with Crippen LogP contribution in [0.4, 0.5) is 0 Å². The zero-order chi connectivity index (χ0) is 12.4. The molecule has 1 aromatic heterocycles. The lowest BCUT2D eigenvalue weighted by Gasteiger charge is -2.05. The first-order valence-corrected chi connectivity index (χ1v) is 6.00. The minimum atomic E-state index is 0.512. The van der Waals surface area contributed by atoms with Crippen LogP contribution in [-0.2, 0) is 0 Å². The van der Waals surface area contributed by atoms with Crippen LogP contribution in [0.15, 0.2) is 18.2 Å². The number of hydrogen-bond donors (Lipinski definition) is 0. The van der Waals surface area contributed by atoms with E-state index in [4.69, 9.17) is 10.00 Å². The van der Waals surface area contributed by atoms with Crippen molar-refractivity contribution < 1.29 is 4.74 Å². The number of nitrogens with zero attached hydrogens (tertiary/aromatic N) is 2. The number of aromatic nitrogens is 1. The second-order valence-electron chi connectivity index (χ2n) is 3.72. The van der Waals surface area contributed by atoms with Crippen molar-refractivity contribution >= 4 is 11.3 Å². The van der Waals surface area contributed by atoms with E-state index in [1.165, 1.54) is 11.3 Å². The first-order chi connectivity index (χ1) is 8.15. The molecule has 4 heteroatoms. The maximum absolute atomic E-state index is 8.89. The molecule has 0 bridgehead atoms. The van der Waals surface area contributed by atoms with Crippen LogP contribution in [0.25, 0.3) is 10.6 Å². The van der Waals surface area contributed by atoms with Gasteiger partial charge in [0.05, 0.1) is 7.11 Å². The van der Waals surface area contributed by atoms with Gasteiger partial charge in [0.25, 0.3) is 0 Å². The zero-order valence-electron chi connectivity index (χ0n) is 9.94. The maximum Gasteiger partial charge on any atom is 0.155 e. The molecular formula is C13H12N2OS. The zero-order valence-corrected chi connectivity index (χ0v) is 10.8. The van der Waals surface area contributed by atoms with Gasteiger partial charge in [0.15, 0.2) is 5.69 Å². The molecule has 1 heterocycles. The lowest BCUT2D eigenvalue weighted by Crippen LogP contribution is -1.87. The van der Waals surface area contributed by atoms with E-state index in [2.05, 4.69) is 11.1 Å². The Kier molecular flexibility index (Phi) is 3.12. The monoisotopic (exact) mass is 244 g/mol. The third kappa shape index (κ3) is 2.15. The largest absolute Gasteiger partial charge is 0.496 e. The second-order valence-corrected chi connectivity index (χ2v) is 4.92. The Morgan fingerprint density at radius 1 is 1.35 bits per heavy atom. The molecule has 0 aliphatic carbocycles. The molecule has 86 valence electrons. The van der Waals surface area contributed by atoms with E-state index in [9.17, 15) is 0 Å². The highest BCUT2D eigenvalue weighted by Gasteiger charge is 2.10. The van der Waals surface area contributed by atoms with Gasteiger partial charge < -0.3 is 4.74 Å². The van der Waals surface area contributed by atoms with Gasteiger partial charge in [0.2, 0.25) is 0 Å². The fraction of sp³-hybridized carbons (Fsp3) is 0.231. The molecule has 2 aromatic rings. The number of hydrogen-bond acceptors (Lipinski definition) is 4. The van der Waals surface area contributed by atoms with E-state index in [0.29, 0.717) is 5.69 Å². The summed E-state index contributed by atoms with van der Waals surface area (Å²) in [7, 11) is 1.66. The molecule has 0 N–H and O–H groups in total. The summed E-state index contributed by atoms with van der Waals surface area (Å²) >= 11 is 1.54. The quantitative estimate of drug-likeness (QED) is 0.814. The Morgan fingerprint density at radius 3 is 2.65 bits per heavy atom. The van der Waals surface area contributed by atoms with Crippen LogP contribution in [0.5, 0.6) is 5.75 Å². The highest BCUT2D eigenvalue weighted by Crippen LogP contribution is 2.30. The lowest BCUT2D eigenvalue weighted by atomic mass is 10.1. The molecule has 0 fully saturated rings. The molecule has 0 spiro atoms. The van der Waals surface area contributed by atoms with Crippen LogP contribution < -0.4 is 4.74 Å². The molecule has 3 nitrogen and oxygen atoms in total. The van der Waals surface area contributed by atoms with Gasteiger partial charge in [-0.05, 0) is 37.6 Å². The topological polar surface area (TPSA) is 45.9 Å². The third-order valence-electron chi connectivity index (χ3n) is 2.54. The number of methoxy groups -OCH3 is 1. The van der Waals surface area contributed by atoms with Crippen LogP contribution in [-0.4, -0.2) is 12.1 Å². The Morgan fingerprint density at radius 2 is 2.12 bits per heavy atom. The van der Waals surface area contributed by atoms with E-state index >= 15 is 0 Å². The highest BCUT2D eigenvalue weighted by molar-refractivity contribution is 7.15. The van der Waals surface area contributed by atoms with Crippen molar-refractivity contribution in [2.75, 3.05) is 7.11 Å². The molecular weight excluding hydrogens is 232 g/mol. The van der Waals surface area contributed by atoms with E-state index < -0.39 is 0 Å². The highest BCUT2D eigenvalue weighted by atomic mass is 32.1. The number of thiazole rings is 1. The average Bonchev–Trinajstić information content (AvgIpc) is 2.70. The maximum atomic E-state index is 8.89. The van der Waals surface area contributed by atoms with Crippen molar-refractivity contribution in [2.24, 2.45) is 0 Å². The van der Waals surface area contributed by atoms with Gasteiger partial charge in [-0.15, -0.1) is 11.3 Å². The predicted octanol–water partition coefficient (Wildman–Crippen LogP) is 3.31. The molecule has 2 rings (SSSR count). The fourth-order valence-corrected chi connectivity index (χ4v) is 2.49. The van der Waals surface area contributed by atoms with Crippen LogP contribution in [0.2, 0.25) is 0 Å². The Balaban J connectivity index is 2.47. The van der Waals surface area contributed by atoms with Crippen molar-refractivity contribution in [1.29, 1.82) is 5.26 Å². The number of nitriles is 1. The summed E-state index contributed by atoms with van der Waals surface area (Å²) in [5, 5.41) is 9.77. The van der Waals surface area contributed by atoms with Crippen LogP contribution in [0, 0.1) is 25.2 Å². The van der Waals surface area contributed by atoms with E-state index in [0.717, 1.165) is 26.8 Å². The molecule has 0 aliphatic heterocycles. The van der Waals surface area contributed by atoms with Gasteiger partial charge in [-0.3, -0.25) is 0 Å². The molecule has 0 aliphatic rings. The molecule has 1 aromatic carbocycles. The summed E-state index contributed by atoms with van der Waals surface area (Å²) in [5.74, 6) is 0.863. The summed E-state index contributed by atoms with van der Waals surface area (Å²) in [6.07, 6.45) is 0. The molecule has 0 saturated heterocycles. The van der Waals surface area contributed by atoms with Gasteiger partial charge in [0, 0.05) is 10.4 Å². The average molecular weight is 244 g/mol. The fourth-order valence-electron chi connectivity index (χ4n) is 1.64. The minimum Gasteiger partial charge on any atom is -0.496 e. The van der Waals surface area contributed by atoms with Gasteiger partial charge in [-0.1, -0.05) is 0 Å². The van der Waals surface area contributed by atoms with E-state index in [1.807, 2.05) is 32.0 Å². The number of aryl methyl sites for hydroxylation is 2. The van der Waals surface area contributed by atoms with Crippen molar-refractivity contribution in [3.8, 4) is 22.4 Å². The van der Waals surface area contributed by atoms with Crippen molar-refractivity contribution in [3.05, 3.63) is 34.3 Å². The summed E-state index contributed by atoms with van der Waals surface area (Å²) in [6, 6.07) is 8.01. The lowest BCUT2D eigenvalue weighted by molar-refractivity contribution is 0.412. The first kappa shape index (κ1) is 11.6. The Bertz CT molecular complexity index is 596. The smallest absolute Gasteiger partial charge is 0.155 e. The van der Waals surface area contributed by atoms with E-state index in [-0.39, 0.29) is 0 Å². The summed E-state index contributed by atoms with van der Waals surface area (Å²) < 4.78 is 5.22. The number of ether oxygens (including phenoxy) is 1. The SMILES string of the molecule is COc1ccc(-c2nc(C#N)c(C)s2)cc1C. The van der Waals surface area contributed by atoms with E-state index in [1.54, 1.807) is 7.11 Å². The standard InChI is InChI=1S/C13H12N2OS/c1-8-6-10(4-5-12(8)16-3)13-15-11(7-14)9(2)17-13/h4-6H,1-3H3. The second kappa shape index (κ2) is 4.56. The number of benzene rings is 1. The minimum absolute atomic E-state index is 0.512. The normalized spacial score (nSPS) is 10.0. The first-order valence-electron chi connectivity index (χ1n) is 5.18. The van der Waals surface area contributed by atoms with Gasteiger partial charge in [-0.25, -0.2) is 4.98 Å². The van der Waals surface area contributed by atoms with Crippen molar-refractivity contribution in [2.45, 2.75) is 13.8 Å².